The molecule has 0 N–H and O–H groups in total. The Morgan fingerprint density at radius 2 is 1.59 bits per heavy atom. The highest BCUT2D eigenvalue weighted by molar-refractivity contribution is 5.86. The maximum Gasteiger partial charge on any atom is 0.328 e. The standard InChI is InChI=1S/C26H24FNO4/c1-31-26(30)23-16-21(32-24-10-6-5-9-22(24)27)17-28(23)25(29)15-18-11-13-20(14-12-18)19-7-3-2-4-8-19/h2-14,21,23H,15-17H2,1H3. The van der Waals surface area contributed by atoms with Gasteiger partial charge >= 0.3 is 5.97 Å². The number of benzene rings is 3. The van der Waals surface area contributed by atoms with Crippen molar-refractivity contribution in [3.8, 4) is 16.9 Å². The van der Waals surface area contributed by atoms with Gasteiger partial charge in [0, 0.05) is 6.42 Å². The van der Waals surface area contributed by atoms with Crippen LogP contribution in [0.15, 0.2) is 78.9 Å². The lowest BCUT2D eigenvalue weighted by molar-refractivity contribution is -0.150. The van der Waals surface area contributed by atoms with Gasteiger partial charge in [-0.05, 0) is 28.8 Å². The van der Waals surface area contributed by atoms with Gasteiger partial charge in [-0.1, -0.05) is 66.7 Å². The van der Waals surface area contributed by atoms with Crippen molar-refractivity contribution in [2.75, 3.05) is 13.7 Å². The number of likely N-dealkylation sites (tertiary alicyclic amines) is 1. The number of halogens is 1. The minimum atomic E-state index is -0.757. The Morgan fingerprint density at radius 1 is 0.938 bits per heavy atom. The highest BCUT2D eigenvalue weighted by atomic mass is 19.1. The first kappa shape index (κ1) is 21.6. The Hall–Kier alpha value is -3.67. The lowest BCUT2D eigenvalue weighted by Gasteiger charge is -2.22. The van der Waals surface area contributed by atoms with Gasteiger partial charge in [-0.25, -0.2) is 9.18 Å². The van der Waals surface area contributed by atoms with Crippen molar-refractivity contribution < 1.29 is 23.5 Å². The van der Waals surface area contributed by atoms with Gasteiger partial charge in [-0.2, -0.15) is 0 Å². The first-order valence-corrected chi connectivity index (χ1v) is 10.5. The van der Waals surface area contributed by atoms with Gasteiger partial charge in [0.05, 0.1) is 20.1 Å². The molecule has 6 heteroatoms. The summed E-state index contributed by atoms with van der Waals surface area (Å²) in [6.07, 6.45) is -0.102. The topological polar surface area (TPSA) is 55.8 Å². The van der Waals surface area contributed by atoms with Crippen molar-refractivity contribution in [2.45, 2.75) is 25.0 Å². The molecule has 4 rings (SSSR count). The van der Waals surface area contributed by atoms with Crippen LogP contribution < -0.4 is 4.74 Å². The average Bonchev–Trinajstić information content (AvgIpc) is 3.25. The summed E-state index contributed by atoms with van der Waals surface area (Å²) in [6, 6.07) is 23.1. The first-order valence-electron chi connectivity index (χ1n) is 10.5. The minimum absolute atomic E-state index is 0.104. The third-order valence-corrected chi connectivity index (χ3v) is 5.60. The molecule has 2 unspecified atom stereocenters. The van der Waals surface area contributed by atoms with E-state index in [2.05, 4.69) is 0 Å². The Labute approximate surface area is 186 Å². The van der Waals surface area contributed by atoms with Gasteiger partial charge in [-0.15, -0.1) is 0 Å². The van der Waals surface area contributed by atoms with Crippen LogP contribution in [0.1, 0.15) is 12.0 Å². The number of rotatable bonds is 6. The van der Waals surface area contributed by atoms with Gasteiger partial charge in [0.1, 0.15) is 12.1 Å². The second kappa shape index (κ2) is 9.64. The van der Waals surface area contributed by atoms with E-state index in [0.29, 0.717) is 0 Å². The van der Waals surface area contributed by atoms with Gasteiger partial charge in [0.25, 0.3) is 0 Å². The number of para-hydroxylation sites is 1. The Morgan fingerprint density at radius 3 is 2.28 bits per heavy atom. The summed E-state index contributed by atoms with van der Waals surface area (Å²) >= 11 is 0. The average molecular weight is 433 g/mol. The highest BCUT2D eigenvalue weighted by Crippen LogP contribution is 2.27. The first-order chi connectivity index (χ1) is 15.5. The van der Waals surface area contributed by atoms with E-state index in [1.807, 2.05) is 54.6 Å². The number of methoxy groups -OCH3 is 1. The van der Waals surface area contributed by atoms with E-state index in [4.69, 9.17) is 9.47 Å². The van der Waals surface area contributed by atoms with Crippen LogP contribution in [0.25, 0.3) is 11.1 Å². The third kappa shape index (κ3) is 4.80. The Kier molecular flexibility index (Phi) is 6.50. The number of ether oxygens (including phenoxy) is 2. The zero-order valence-corrected chi connectivity index (χ0v) is 17.7. The number of amides is 1. The SMILES string of the molecule is COC(=O)C1CC(Oc2ccccc2F)CN1C(=O)Cc1ccc(-c2ccccc2)cc1. The van der Waals surface area contributed by atoms with Crippen LogP contribution >= 0.6 is 0 Å². The molecular weight excluding hydrogens is 409 g/mol. The van der Waals surface area contributed by atoms with E-state index in [9.17, 15) is 14.0 Å². The van der Waals surface area contributed by atoms with Crippen molar-refractivity contribution in [1.29, 1.82) is 0 Å². The summed E-state index contributed by atoms with van der Waals surface area (Å²) < 4.78 is 24.6. The number of nitrogens with zero attached hydrogens (tertiary/aromatic N) is 1. The lowest BCUT2D eigenvalue weighted by atomic mass is 10.0. The van der Waals surface area contributed by atoms with Gasteiger partial charge in [0.15, 0.2) is 11.6 Å². The number of carbonyl (C=O) groups is 2. The number of esters is 1. The van der Waals surface area contributed by atoms with Crippen molar-refractivity contribution in [3.63, 3.8) is 0 Å². The van der Waals surface area contributed by atoms with Crippen LogP contribution in [0.4, 0.5) is 4.39 Å². The Balaban J connectivity index is 1.46. The summed E-state index contributed by atoms with van der Waals surface area (Å²) in [4.78, 5) is 26.8. The summed E-state index contributed by atoms with van der Waals surface area (Å²) in [5.74, 6) is -1.08. The molecule has 1 amide bonds. The van der Waals surface area contributed by atoms with E-state index >= 15 is 0 Å². The molecule has 0 radical (unpaired) electrons. The summed E-state index contributed by atoms with van der Waals surface area (Å²) in [6.45, 7) is 0.190. The molecule has 1 saturated heterocycles. The quantitative estimate of drug-likeness (QED) is 0.545. The molecule has 1 heterocycles. The van der Waals surface area contributed by atoms with Crippen molar-refractivity contribution in [1.82, 2.24) is 4.90 Å². The maximum absolute atomic E-state index is 14.0. The molecule has 3 aromatic rings. The van der Waals surface area contributed by atoms with Crippen LogP contribution in [-0.2, 0) is 20.7 Å². The summed E-state index contributed by atoms with van der Waals surface area (Å²) in [5.41, 5.74) is 3.01. The van der Waals surface area contributed by atoms with Gasteiger partial charge in [0.2, 0.25) is 5.91 Å². The summed E-state index contributed by atoms with van der Waals surface area (Å²) in [7, 11) is 1.29. The van der Waals surface area contributed by atoms with Crippen LogP contribution in [0.2, 0.25) is 0 Å². The fourth-order valence-corrected chi connectivity index (χ4v) is 3.96. The van der Waals surface area contributed by atoms with Crippen molar-refractivity contribution in [2.24, 2.45) is 0 Å². The van der Waals surface area contributed by atoms with Gasteiger partial charge < -0.3 is 14.4 Å². The van der Waals surface area contributed by atoms with E-state index < -0.39 is 23.9 Å². The van der Waals surface area contributed by atoms with E-state index in [-0.39, 0.29) is 31.0 Å². The van der Waals surface area contributed by atoms with E-state index in [1.54, 1.807) is 12.1 Å². The molecule has 2 atom stereocenters. The van der Waals surface area contributed by atoms with Crippen LogP contribution in [0.5, 0.6) is 5.75 Å². The smallest absolute Gasteiger partial charge is 0.328 e. The molecule has 1 aliphatic heterocycles. The lowest BCUT2D eigenvalue weighted by Crippen LogP contribution is -2.42. The molecular formula is C26H24FNO4. The van der Waals surface area contributed by atoms with Gasteiger partial charge in [-0.3, -0.25) is 4.79 Å². The molecule has 0 aliphatic carbocycles. The van der Waals surface area contributed by atoms with E-state index in [0.717, 1.165) is 16.7 Å². The molecule has 0 aromatic heterocycles. The highest BCUT2D eigenvalue weighted by Gasteiger charge is 2.41. The number of hydrogen-bond acceptors (Lipinski definition) is 4. The van der Waals surface area contributed by atoms with Crippen LogP contribution in [0, 0.1) is 5.82 Å². The molecule has 164 valence electrons. The molecule has 0 spiro atoms. The fraction of sp³-hybridized carbons (Fsp3) is 0.231. The van der Waals surface area contributed by atoms with Crippen molar-refractivity contribution >= 4 is 11.9 Å². The number of hydrogen-bond donors (Lipinski definition) is 0. The zero-order valence-electron chi connectivity index (χ0n) is 17.7. The Bertz CT molecular complexity index is 1080. The normalized spacial score (nSPS) is 17.8. The predicted octanol–water partition coefficient (Wildman–Crippen LogP) is 4.26. The van der Waals surface area contributed by atoms with E-state index in [1.165, 1.54) is 24.1 Å². The molecule has 1 aliphatic rings. The molecule has 3 aromatic carbocycles. The molecule has 1 fully saturated rings. The third-order valence-electron chi connectivity index (χ3n) is 5.60. The van der Waals surface area contributed by atoms with Crippen LogP contribution in [0.3, 0.4) is 0 Å². The maximum atomic E-state index is 14.0. The molecule has 0 saturated carbocycles. The summed E-state index contributed by atoms with van der Waals surface area (Å²) in [5, 5.41) is 0. The second-order valence-electron chi connectivity index (χ2n) is 7.73. The molecule has 5 nitrogen and oxygen atoms in total. The fourth-order valence-electron chi connectivity index (χ4n) is 3.96. The number of carbonyl (C=O) groups excluding carboxylic acids is 2. The molecule has 32 heavy (non-hydrogen) atoms. The second-order valence-corrected chi connectivity index (χ2v) is 7.73. The van der Waals surface area contributed by atoms with Crippen molar-refractivity contribution in [3.05, 3.63) is 90.2 Å². The zero-order chi connectivity index (χ0) is 22.5. The van der Waals surface area contributed by atoms with Crippen LogP contribution in [-0.4, -0.2) is 42.6 Å². The molecule has 0 bridgehead atoms. The monoisotopic (exact) mass is 433 g/mol. The largest absolute Gasteiger partial charge is 0.485 e. The minimum Gasteiger partial charge on any atom is -0.485 e. The predicted molar refractivity (Wildman–Crippen MR) is 119 cm³/mol.